The lowest BCUT2D eigenvalue weighted by atomic mass is 10.1. The summed E-state index contributed by atoms with van der Waals surface area (Å²) in [6.45, 7) is 11.0. The first-order valence-electron chi connectivity index (χ1n) is 13.2. The van der Waals surface area contributed by atoms with Gasteiger partial charge in [-0.25, -0.2) is 8.42 Å². The van der Waals surface area contributed by atoms with Crippen LogP contribution in [0.4, 0.5) is 5.69 Å². The van der Waals surface area contributed by atoms with Crippen molar-refractivity contribution in [2.75, 3.05) is 10.8 Å². The fourth-order valence-electron chi connectivity index (χ4n) is 4.46. The molecule has 0 aromatic heterocycles. The Labute approximate surface area is 232 Å². The normalized spacial score (nSPS) is 12.2. The second-order valence-electron chi connectivity index (χ2n) is 10.3. The Morgan fingerprint density at radius 2 is 1.46 bits per heavy atom. The molecule has 0 saturated heterocycles. The van der Waals surface area contributed by atoms with Crippen LogP contribution in [0.2, 0.25) is 0 Å². The number of nitrogens with zero attached hydrogens (tertiary/aromatic N) is 2. The quantitative estimate of drug-likeness (QED) is 0.359. The van der Waals surface area contributed by atoms with Gasteiger partial charge < -0.3 is 10.2 Å². The van der Waals surface area contributed by atoms with Gasteiger partial charge in [-0.2, -0.15) is 0 Å². The number of aryl methyl sites for hydroxylation is 3. The predicted molar refractivity (Wildman–Crippen MR) is 156 cm³/mol. The first-order chi connectivity index (χ1) is 18.4. The number of sulfonamides is 1. The third-order valence-corrected chi connectivity index (χ3v) is 8.22. The van der Waals surface area contributed by atoms with Crippen LogP contribution in [-0.4, -0.2) is 43.8 Å². The highest BCUT2D eigenvalue weighted by atomic mass is 32.2. The fraction of sp³-hybridized carbons (Fsp3) is 0.355. The average molecular weight is 550 g/mol. The van der Waals surface area contributed by atoms with Gasteiger partial charge in [0.25, 0.3) is 10.0 Å². The molecule has 0 spiro atoms. The molecule has 0 radical (unpaired) electrons. The van der Waals surface area contributed by atoms with Gasteiger partial charge in [0.15, 0.2) is 0 Å². The Morgan fingerprint density at radius 3 is 2.03 bits per heavy atom. The van der Waals surface area contributed by atoms with E-state index in [1.807, 2.05) is 71.9 Å². The van der Waals surface area contributed by atoms with Crippen molar-refractivity contribution < 1.29 is 18.0 Å². The Hall–Kier alpha value is -3.65. The molecule has 0 saturated carbocycles. The van der Waals surface area contributed by atoms with Gasteiger partial charge in [-0.1, -0.05) is 66.6 Å². The molecule has 7 nitrogen and oxygen atoms in total. The number of hydrogen-bond acceptors (Lipinski definition) is 4. The number of carbonyl (C=O) groups excluding carboxylic acids is 2. The molecule has 3 rings (SSSR count). The Balaban J connectivity index is 2.07. The summed E-state index contributed by atoms with van der Waals surface area (Å²) in [5.74, 6) is -0.726. The Kier molecular flexibility index (Phi) is 9.92. The van der Waals surface area contributed by atoms with Gasteiger partial charge >= 0.3 is 0 Å². The van der Waals surface area contributed by atoms with E-state index in [9.17, 15) is 18.0 Å². The van der Waals surface area contributed by atoms with Crippen molar-refractivity contribution >= 4 is 27.5 Å². The van der Waals surface area contributed by atoms with Gasteiger partial charge in [0.2, 0.25) is 11.8 Å². The molecule has 1 N–H and O–H groups in total. The summed E-state index contributed by atoms with van der Waals surface area (Å²) in [5.41, 5.74) is 4.08. The molecule has 0 heterocycles. The third-order valence-electron chi connectivity index (χ3n) is 6.43. The van der Waals surface area contributed by atoms with E-state index in [1.165, 1.54) is 4.90 Å². The van der Waals surface area contributed by atoms with Crippen LogP contribution in [-0.2, 0) is 26.2 Å². The Morgan fingerprint density at radius 1 is 0.846 bits per heavy atom. The van der Waals surface area contributed by atoms with Crippen LogP contribution >= 0.6 is 0 Å². The maximum Gasteiger partial charge on any atom is 0.264 e. The van der Waals surface area contributed by atoms with Crippen molar-refractivity contribution in [1.29, 1.82) is 0 Å². The van der Waals surface area contributed by atoms with Crippen molar-refractivity contribution in [3.8, 4) is 0 Å². The minimum Gasteiger partial charge on any atom is -0.352 e. The van der Waals surface area contributed by atoms with Crippen LogP contribution in [0.1, 0.15) is 49.4 Å². The molecule has 39 heavy (non-hydrogen) atoms. The molecule has 208 valence electrons. The second kappa shape index (κ2) is 12.9. The molecule has 2 amide bonds. The molecule has 0 aliphatic rings. The number of amides is 2. The van der Waals surface area contributed by atoms with Crippen LogP contribution in [0.15, 0.2) is 77.7 Å². The maximum absolute atomic E-state index is 14.1. The highest BCUT2D eigenvalue weighted by Gasteiger charge is 2.33. The average Bonchev–Trinajstić information content (AvgIpc) is 2.86. The van der Waals surface area contributed by atoms with E-state index in [-0.39, 0.29) is 23.4 Å². The van der Waals surface area contributed by atoms with Crippen molar-refractivity contribution in [1.82, 2.24) is 10.2 Å². The van der Waals surface area contributed by atoms with Gasteiger partial charge in [0.1, 0.15) is 12.6 Å². The maximum atomic E-state index is 14.1. The van der Waals surface area contributed by atoms with Crippen molar-refractivity contribution in [2.24, 2.45) is 0 Å². The van der Waals surface area contributed by atoms with E-state index in [1.54, 1.807) is 42.5 Å². The number of hydrogen-bond donors (Lipinski definition) is 1. The third kappa shape index (κ3) is 7.69. The number of benzene rings is 3. The smallest absolute Gasteiger partial charge is 0.264 e. The molecule has 0 bridgehead atoms. The van der Waals surface area contributed by atoms with Crippen LogP contribution in [0, 0.1) is 20.8 Å². The zero-order chi connectivity index (χ0) is 28.7. The summed E-state index contributed by atoms with van der Waals surface area (Å²) in [7, 11) is -4.08. The van der Waals surface area contributed by atoms with Gasteiger partial charge in [-0.05, 0) is 76.4 Å². The van der Waals surface area contributed by atoms with Crippen molar-refractivity contribution in [3.63, 3.8) is 0 Å². The van der Waals surface area contributed by atoms with Crippen molar-refractivity contribution in [2.45, 2.75) is 71.5 Å². The number of nitrogens with one attached hydrogen (secondary N) is 1. The zero-order valence-corrected chi connectivity index (χ0v) is 24.5. The first kappa shape index (κ1) is 29.9. The summed E-state index contributed by atoms with van der Waals surface area (Å²) < 4.78 is 29.0. The molecule has 1 atom stereocenters. The minimum absolute atomic E-state index is 0.0947. The predicted octanol–water partition coefficient (Wildman–Crippen LogP) is 5.14. The lowest BCUT2D eigenvalue weighted by Crippen LogP contribution is -2.53. The topological polar surface area (TPSA) is 86.8 Å². The van der Waals surface area contributed by atoms with Gasteiger partial charge in [0, 0.05) is 12.6 Å². The largest absolute Gasteiger partial charge is 0.352 e. The molecular formula is C31H39N3O4S. The lowest BCUT2D eigenvalue weighted by Gasteiger charge is -2.33. The highest BCUT2D eigenvalue weighted by molar-refractivity contribution is 7.92. The summed E-state index contributed by atoms with van der Waals surface area (Å²) in [5, 5.41) is 2.92. The fourth-order valence-corrected chi connectivity index (χ4v) is 5.86. The summed E-state index contributed by atoms with van der Waals surface area (Å²) >= 11 is 0. The second-order valence-corrected chi connectivity index (χ2v) is 12.1. The van der Waals surface area contributed by atoms with E-state index < -0.39 is 28.5 Å². The summed E-state index contributed by atoms with van der Waals surface area (Å²) in [6.07, 6.45) is 0.380. The van der Waals surface area contributed by atoms with Crippen LogP contribution in [0.25, 0.3) is 0 Å². The van der Waals surface area contributed by atoms with Crippen molar-refractivity contribution in [3.05, 3.63) is 95.1 Å². The molecule has 1 unspecified atom stereocenters. The number of rotatable bonds is 11. The number of carbonyl (C=O) groups is 2. The van der Waals surface area contributed by atoms with Crippen LogP contribution < -0.4 is 9.62 Å². The number of anilines is 1. The lowest BCUT2D eigenvalue weighted by molar-refractivity contribution is -0.140. The van der Waals surface area contributed by atoms with E-state index in [0.29, 0.717) is 12.1 Å². The minimum atomic E-state index is -4.08. The Bertz CT molecular complexity index is 1400. The van der Waals surface area contributed by atoms with E-state index in [0.717, 1.165) is 26.6 Å². The standard InChI is InChI=1S/C31H39N3O4S/c1-7-29(31(36)32-22(2)3)33(20-26-12-8-10-24(5)18-26)30(35)21-34(27-13-9-11-25(6)19-27)39(37,38)28-16-14-23(4)15-17-28/h8-19,22,29H,7,20-21H2,1-6H3,(H,32,36). The van der Waals surface area contributed by atoms with E-state index in [4.69, 9.17) is 0 Å². The van der Waals surface area contributed by atoms with Gasteiger partial charge in [-0.3, -0.25) is 13.9 Å². The van der Waals surface area contributed by atoms with E-state index >= 15 is 0 Å². The van der Waals surface area contributed by atoms with Gasteiger partial charge in [-0.15, -0.1) is 0 Å². The van der Waals surface area contributed by atoms with Gasteiger partial charge in [0.05, 0.1) is 10.6 Å². The molecule has 3 aromatic carbocycles. The monoisotopic (exact) mass is 549 g/mol. The van der Waals surface area contributed by atoms with E-state index in [2.05, 4.69) is 5.32 Å². The SMILES string of the molecule is CCC(C(=O)NC(C)C)N(Cc1cccc(C)c1)C(=O)CN(c1cccc(C)c1)S(=O)(=O)c1ccc(C)cc1. The van der Waals surface area contributed by atoms with Crippen LogP contribution in [0.3, 0.4) is 0 Å². The van der Waals surface area contributed by atoms with Crippen LogP contribution in [0.5, 0.6) is 0 Å². The first-order valence-corrected chi connectivity index (χ1v) is 14.7. The zero-order valence-electron chi connectivity index (χ0n) is 23.6. The molecule has 3 aromatic rings. The summed E-state index contributed by atoms with van der Waals surface area (Å²) in [6, 6.07) is 20.5. The highest BCUT2D eigenvalue weighted by Crippen LogP contribution is 2.26. The molecule has 8 heteroatoms. The molecular weight excluding hydrogens is 510 g/mol. The molecule has 0 aliphatic carbocycles. The summed E-state index contributed by atoms with van der Waals surface area (Å²) in [4.78, 5) is 28.9. The molecule has 0 fully saturated rings. The molecule has 0 aliphatic heterocycles.